The van der Waals surface area contributed by atoms with Gasteiger partial charge in [0.15, 0.2) is 5.82 Å². The van der Waals surface area contributed by atoms with Crippen molar-refractivity contribution < 1.29 is 0 Å². The number of anilines is 1. The predicted octanol–water partition coefficient (Wildman–Crippen LogP) is 1.94. The molecule has 2 atom stereocenters. The van der Waals surface area contributed by atoms with Crippen LogP contribution in [0.5, 0.6) is 0 Å². The molecule has 1 aliphatic heterocycles. The standard InChI is InChI=1S/C13H20N4/c1-2-9-7-8(1)11-12(9)16-17-13(11)15-10-3-5-14-6-4-10/h8-10,14H,1-7H2,(H2,15,16,17). The molecule has 2 bridgehead atoms. The van der Waals surface area contributed by atoms with E-state index < -0.39 is 0 Å². The number of piperidine rings is 1. The van der Waals surface area contributed by atoms with Crippen LogP contribution in [0.1, 0.15) is 55.2 Å². The number of rotatable bonds is 2. The summed E-state index contributed by atoms with van der Waals surface area (Å²) in [6, 6.07) is 0.614. The van der Waals surface area contributed by atoms with Crippen LogP contribution in [-0.2, 0) is 0 Å². The van der Waals surface area contributed by atoms with Crippen molar-refractivity contribution in [1.29, 1.82) is 0 Å². The van der Waals surface area contributed by atoms with Crippen LogP contribution < -0.4 is 10.6 Å². The molecule has 1 aromatic heterocycles. The van der Waals surface area contributed by atoms with Gasteiger partial charge in [0.1, 0.15) is 0 Å². The van der Waals surface area contributed by atoms with Gasteiger partial charge in [0.05, 0.1) is 0 Å². The molecule has 0 spiro atoms. The molecule has 4 rings (SSSR count). The van der Waals surface area contributed by atoms with Crippen molar-refractivity contribution in [1.82, 2.24) is 15.5 Å². The Kier molecular flexibility index (Phi) is 2.18. The van der Waals surface area contributed by atoms with Gasteiger partial charge in [0.25, 0.3) is 0 Å². The smallest absolute Gasteiger partial charge is 0.151 e. The van der Waals surface area contributed by atoms with Crippen molar-refractivity contribution in [3.05, 3.63) is 11.3 Å². The van der Waals surface area contributed by atoms with Gasteiger partial charge in [-0.3, -0.25) is 5.10 Å². The zero-order chi connectivity index (χ0) is 11.2. The maximum Gasteiger partial charge on any atom is 0.151 e. The lowest BCUT2D eigenvalue weighted by atomic mass is 9.97. The van der Waals surface area contributed by atoms with Gasteiger partial charge in [-0.25, -0.2) is 0 Å². The van der Waals surface area contributed by atoms with Crippen molar-refractivity contribution in [2.45, 2.75) is 50.0 Å². The maximum atomic E-state index is 4.52. The Hall–Kier alpha value is -1.03. The zero-order valence-corrected chi connectivity index (χ0v) is 10.1. The molecule has 92 valence electrons. The van der Waals surface area contributed by atoms with Crippen LogP contribution in [0.4, 0.5) is 5.82 Å². The van der Waals surface area contributed by atoms with Crippen LogP contribution in [0.3, 0.4) is 0 Å². The maximum absolute atomic E-state index is 4.52. The molecule has 4 heteroatoms. The van der Waals surface area contributed by atoms with E-state index in [-0.39, 0.29) is 0 Å². The first-order valence-corrected chi connectivity index (χ1v) is 6.97. The highest BCUT2D eigenvalue weighted by molar-refractivity contribution is 5.54. The Bertz CT molecular complexity index is 419. The number of nitrogens with one attached hydrogen (secondary N) is 3. The van der Waals surface area contributed by atoms with Gasteiger partial charge >= 0.3 is 0 Å². The predicted molar refractivity (Wildman–Crippen MR) is 67.4 cm³/mol. The first kappa shape index (κ1) is 9.95. The SMILES string of the molecule is C1CC(Nc2n[nH]c3c2C2CCC3C2)CCN1. The molecule has 2 fully saturated rings. The van der Waals surface area contributed by atoms with Gasteiger partial charge in [0, 0.05) is 23.2 Å². The van der Waals surface area contributed by atoms with Gasteiger partial charge in [0.2, 0.25) is 0 Å². The normalized spacial score (nSPS) is 31.8. The van der Waals surface area contributed by atoms with E-state index in [1.807, 2.05) is 0 Å². The summed E-state index contributed by atoms with van der Waals surface area (Å²) in [6.45, 7) is 2.27. The lowest BCUT2D eigenvalue weighted by Crippen LogP contribution is -2.35. The van der Waals surface area contributed by atoms with Crippen molar-refractivity contribution in [3.8, 4) is 0 Å². The monoisotopic (exact) mass is 232 g/mol. The Morgan fingerprint density at radius 1 is 1.06 bits per heavy atom. The summed E-state index contributed by atoms with van der Waals surface area (Å²) in [6.07, 6.45) is 6.54. The number of hydrogen-bond acceptors (Lipinski definition) is 3. The van der Waals surface area contributed by atoms with Crippen molar-refractivity contribution in [2.24, 2.45) is 0 Å². The lowest BCUT2D eigenvalue weighted by Gasteiger charge is -2.24. The third-order valence-corrected chi connectivity index (χ3v) is 4.76. The number of aromatic nitrogens is 2. The minimum Gasteiger partial charge on any atom is -0.366 e. The Morgan fingerprint density at radius 2 is 1.88 bits per heavy atom. The second kappa shape index (κ2) is 3.73. The molecule has 4 nitrogen and oxygen atoms in total. The quantitative estimate of drug-likeness (QED) is 0.730. The number of fused-ring (bicyclic) bond motifs is 5. The van der Waals surface area contributed by atoms with Crippen LogP contribution in [0.25, 0.3) is 0 Å². The van der Waals surface area contributed by atoms with Crippen LogP contribution in [0, 0.1) is 0 Å². The van der Waals surface area contributed by atoms with Crippen LogP contribution in [0.15, 0.2) is 0 Å². The molecule has 3 aliphatic rings. The fraction of sp³-hybridized carbons (Fsp3) is 0.769. The zero-order valence-electron chi connectivity index (χ0n) is 10.1. The topological polar surface area (TPSA) is 52.7 Å². The molecule has 0 aromatic carbocycles. The van der Waals surface area contributed by atoms with Gasteiger partial charge in [-0.1, -0.05) is 0 Å². The first-order valence-electron chi connectivity index (χ1n) is 6.97. The molecule has 1 saturated heterocycles. The molecular weight excluding hydrogens is 212 g/mol. The highest BCUT2D eigenvalue weighted by Gasteiger charge is 2.41. The molecule has 1 aromatic rings. The second-order valence-electron chi connectivity index (χ2n) is 5.78. The molecular formula is C13H20N4. The average molecular weight is 232 g/mol. The van der Waals surface area contributed by atoms with E-state index in [0.717, 1.165) is 24.9 Å². The average Bonchev–Trinajstić information content (AvgIpc) is 3.03. The van der Waals surface area contributed by atoms with Crippen molar-refractivity contribution in [3.63, 3.8) is 0 Å². The molecule has 2 aliphatic carbocycles. The third-order valence-electron chi connectivity index (χ3n) is 4.76. The van der Waals surface area contributed by atoms with Crippen LogP contribution in [0.2, 0.25) is 0 Å². The highest BCUT2D eigenvalue weighted by atomic mass is 15.2. The fourth-order valence-electron chi connectivity index (χ4n) is 3.86. The number of aromatic amines is 1. The summed E-state index contributed by atoms with van der Waals surface area (Å²) in [5, 5.41) is 14.9. The molecule has 2 heterocycles. The summed E-state index contributed by atoms with van der Waals surface area (Å²) in [4.78, 5) is 0. The van der Waals surface area contributed by atoms with E-state index in [4.69, 9.17) is 0 Å². The summed E-state index contributed by atoms with van der Waals surface area (Å²) in [5.41, 5.74) is 2.97. The minimum atomic E-state index is 0.614. The highest BCUT2D eigenvalue weighted by Crippen LogP contribution is 2.54. The van der Waals surface area contributed by atoms with E-state index in [1.54, 1.807) is 0 Å². The number of nitrogens with zero attached hydrogens (tertiary/aromatic N) is 1. The second-order valence-corrected chi connectivity index (χ2v) is 5.78. The molecule has 3 N–H and O–H groups in total. The van der Waals surface area contributed by atoms with Crippen LogP contribution >= 0.6 is 0 Å². The minimum absolute atomic E-state index is 0.614. The molecule has 1 saturated carbocycles. The van der Waals surface area contributed by atoms with Crippen molar-refractivity contribution in [2.75, 3.05) is 18.4 Å². The lowest BCUT2D eigenvalue weighted by molar-refractivity contribution is 0.477. The van der Waals surface area contributed by atoms with Crippen LogP contribution in [-0.4, -0.2) is 29.3 Å². The van der Waals surface area contributed by atoms with E-state index >= 15 is 0 Å². The van der Waals surface area contributed by atoms with Crippen molar-refractivity contribution >= 4 is 5.82 Å². The Morgan fingerprint density at radius 3 is 2.76 bits per heavy atom. The van der Waals surface area contributed by atoms with E-state index in [9.17, 15) is 0 Å². The molecule has 0 radical (unpaired) electrons. The molecule has 0 amide bonds. The largest absolute Gasteiger partial charge is 0.366 e. The van der Waals surface area contributed by atoms with Gasteiger partial charge in [-0.2, -0.15) is 5.10 Å². The van der Waals surface area contributed by atoms with E-state index in [1.165, 1.54) is 49.2 Å². The third kappa shape index (κ3) is 1.50. The van der Waals surface area contributed by atoms with E-state index in [2.05, 4.69) is 20.8 Å². The number of hydrogen-bond donors (Lipinski definition) is 3. The van der Waals surface area contributed by atoms with Gasteiger partial charge < -0.3 is 10.6 Å². The molecule has 2 unspecified atom stereocenters. The summed E-state index contributed by atoms with van der Waals surface area (Å²) in [5.74, 6) is 2.74. The number of H-pyrrole nitrogens is 1. The molecule has 17 heavy (non-hydrogen) atoms. The van der Waals surface area contributed by atoms with Gasteiger partial charge in [-0.15, -0.1) is 0 Å². The Balaban J connectivity index is 1.57. The van der Waals surface area contributed by atoms with E-state index in [0.29, 0.717) is 6.04 Å². The van der Waals surface area contributed by atoms with Gasteiger partial charge in [-0.05, 0) is 51.1 Å². The fourth-order valence-corrected chi connectivity index (χ4v) is 3.86. The summed E-state index contributed by atoms with van der Waals surface area (Å²) < 4.78 is 0. The summed E-state index contributed by atoms with van der Waals surface area (Å²) in [7, 11) is 0. The Labute approximate surface area is 102 Å². The summed E-state index contributed by atoms with van der Waals surface area (Å²) >= 11 is 0. The first-order chi connectivity index (χ1) is 8.42.